The summed E-state index contributed by atoms with van der Waals surface area (Å²) in [5, 5.41) is 14.9. The van der Waals surface area contributed by atoms with E-state index in [2.05, 4.69) is 26.0 Å². The van der Waals surface area contributed by atoms with Gasteiger partial charge in [-0.25, -0.2) is 19.0 Å². The van der Waals surface area contributed by atoms with Crippen molar-refractivity contribution >= 4 is 34.8 Å². The van der Waals surface area contributed by atoms with Gasteiger partial charge in [-0.1, -0.05) is 51.1 Å². The number of carbonyl (C=O) groups excluding carboxylic acids is 3. The number of nitrogens with zero attached hydrogens (tertiary/aromatic N) is 4. The molecule has 6 rings (SSSR count). The molecule has 1 aliphatic rings. The van der Waals surface area contributed by atoms with Gasteiger partial charge in [0.05, 0.1) is 17.3 Å². The fourth-order valence-electron chi connectivity index (χ4n) is 6.00. The molecule has 1 aliphatic heterocycles. The molecule has 5 aromatic rings. The third-order valence-corrected chi connectivity index (χ3v) is 8.63. The Morgan fingerprint density at radius 2 is 1.65 bits per heavy atom. The molecule has 12 heteroatoms. The Balaban J connectivity index is 0.00000248. The molecule has 11 nitrogen and oxygen atoms in total. The minimum Gasteiger partial charge on any atom is -0.381 e. The van der Waals surface area contributed by atoms with E-state index in [-0.39, 0.29) is 30.5 Å². The lowest BCUT2D eigenvalue weighted by molar-refractivity contribution is 0.0904. The predicted molar refractivity (Wildman–Crippen MR) is 195 cm³/mol. The molecule has 51 heavy (non-hydrogen) atoms. The largest absolute Gasteiger partial charge is 0.381 e. The van der Waals surface area contributed by atoms with Gasteiger partial charge in [0.25, 0.3) is 11.8 Å². The summed E-state index contributed by atoms with van der Waals surface area (Å²) in [5.41, 5.74) is 5.58. The molecule has 2 amide bonds. The Bertz CT molecular complexity index is 2010. The van der Waals surface area contributed by atoms with Crippen LogP contribution in [0.15, 0.2) is 66.9 Å². The number of amides is 2. The number of anilines is 1. The first kappa shape index (κ1) is 36.8. The fourth-order valence-corrected chi connectivity index (χ4v) is 6.00. The van der Waals surface area contributed by atoms with Crippen molar-refractivity contribution in [2.45, 2.75) is 72.6 Å². The van der Waals surface area contributed by atoms with E-state index < -0.39 is 17.6 Å². The number of aromatic nitrogens is 4. The topological polar surface area (TPSA) is 140 Å². The SMILES string of the molecule is CC.CCc1nc2c(cnn2CC)c(NC2CCOCC2)c1CNC(=O)c1cccc(C(=O)NCc2ccc(F)c(-c3cccc(C=O)c3)c2)n1. The van der Waals surface area contributed by atoms with Crippen molar-refractivity contribution < 1.29 is 23.5 Å². The highest BCUT2D eigenvalue weighted by molar-refractivity contribution is 5.97. The van der Waals surface area contributed by atoms with Gasteiger partial charge in [0, 0.05) is 61.3 Å². The van der Waals surface area contributed by atoms with E-state index in [1.54, 1.807) is 48.5 Å². The molecule has 1 fully saturated rings. The normalized spacial score (nSPS) is 12.9. The van der Waals surface area contributed by atoms with Gasteiger partial charge in [-0.2, -0.15) is 5.10 Å². The summed E-state index contributed by atoms with van der Waals surface area (Å²) in [6.45, 7) is 10.4. The number of ether oxygens (including phenoxy) is 1. The maximum Gasteiger partial charge on any atom is 0.270 e. The number of halogens is 1. The number of rotatable bonds is 12. The molecule has 266 valence electrons. The van der Waals surface area contributed by atoms with E-state index in [9.17, 15) is 18.8 Å². The maximum atomic E-state index is 14.7. The number of fused-ring (bicyclic) bond motifs is 1. The predicted octanol–water partition coefficient (Wildman–Crippen LogP) is 6.50. The zero-order chi connectivity index (χ0) is 36.3. The van der Waals surface area contributed by atoms with E-state index in [1.165, 1.54) is 12.1 Å². The number of carbonyl (C=O) groups is 3. The lowest BCUT2D eigenvalue weighted by Gasteiger charge is -2.26. The van der Waals surface area contributed by atoms with Crippen LogP contribution in [0.3, 0.4) is 0 Å². The minimum absolute atomic E-state index is 0.0693. The number of aryl methyl sites for hydroxylation is 2. The smallest absolute Gasteiger partial charge is 0.270 e. The lowest BCUT2D eigenvalue weighted by atomic mass is 10.0. The second-order valence-corrected chi connectivity index (χ2v) is 11.8. The van der Waals surface area contributed by atoms with Gasteiger partial charge in [0.15, 0.2) is 5.65 Å². The Morgan fingerprint density at radius 1 is 0.941 bits per heavy atom. The van der Waals surface area contributed by atoms with Gasteiger partial charge in [-0.3, -0.25) is 14.4 Å². The van der Waals surface area contributed by atoms with E-state index in [1.807, 2.05) is 38.6 Å². The fraction of sp³-hybridized carbons (Fsp3) is 0.333. The molecular weight excluding hydrogens is 649 g/mol. The Hall–Kier alpha value is -5.49. The van der Waals surface area contributed by atoms with Crippen molar-refractivity contribution in [2.75, 3.05) is 18.5 Å². The second-order valence-electron chi connectivity index (χ2n) is 11.8. The van der Waals surface area contributed by atoms with Crippen LogP contribution in [0.1, 0.15) is 88.7 Å². The summed E-state index contributed by atoms with van der Waals surface area (Å²) >= 11 is 0. The van der Waals surface area contributed by atoms with Gasteiger partial charge in [0.1, 0.15) is 23.5 Å². The summed E-state index contributed by atoms with van der Waals surface area (Å²) < 4.78 is 22.1. The molecule has 0 radical (unpaired) electrons. The maximum absolute atomic E-state index is 14.7. The minimum atomic E-state index is -0.484. The summed E-state index contributed by atoms with van der Waals surface area (Å²) in [4.78, 5) is 47.0. The average Bonchev–Trinajstić information content (AvgIpc) is 3.60. The summed E-state index contributed by atoms with van der Waals surface area (Å²) in [6.07, 6.45) is 4.93. The molecule has 2 aromatic carbocycles. The standard InChI is InChI=1S/C37H38FN7O4.C2H6/c1-3-31-28(34(42-26-13-15-49-16-14-26)29-21-41-45(4-2)35(29)44-31)20-40-37(48)33-10-6-9-32(43-33)36(47)39-19-23-11-12-30(38)27(18-23)25-8-5-7-24(17-25)22-46;1-2/h5-12,17-18,21-22,26H,3-4,13-16,19-20H2,1-2H3,(H,39,47)(H,40,48)(H,42,44);1-2H3. The second kappa shape index (κ2) is 17.4. The van der Waals surface area contributed by atoms with Crippen molar-refractivity contribution in [2.24, 2.45) is 0 Å². The van der Waals surface area contributed by atoms with E-state index in [0.717, 1.165) is 40.8 Å². The van der Waals surface area contributed by atoms with Gasteiger partial charge in [0.2, 0.25) is 0 Å². The van der Waals surface area contributed by atoms with Crippen molar-refractivity contribution in [1.29, 1.82) is 0 Å². The van der Waals surface area contributed by atoms with Gasteiger partial charge < -0.3 is 20.7 Å². The molecule has 0 atom stereocenters. The lowest BCUT2D eigenvalue weighted by Crippen LogP contribution is -2.30. The molecule has 0 aliphatic carbocycles. The molecule has 0 saturated carbocycles. The van der Waals surface area contributed by atoms with Crippen LogP contribution < -0.4 is 16.0 Å². The summed E-state index contributed by atoms with van der Waals surface area (Å²) in [7, 11) is 0. The zero-order valence-corrected chi connectivity index (χ0v) is 29.5. The monoisotopic (exact) mass is 693 g/mol. The number of aldehydes is 1. The van der Waals surface area contributed by atoms with Crippen molar-refractivity contribution in [3.05, 3.63) is 106 Å². The number of pyridine rings is 2. The molecule has 4 heterocycles. The summed E-state index contributed by atoms with van der Waals surface area (Å²) in [6, 6.07) is 16.1. The highest BCUT2D eigenvalue weighted by Gasteiger charge is 2.22. The highest BCUT2D eigenvalue weighted by atomic mass is 19.1. The zero-order valence-electron chi connectivity index (χ0n) is 29.5. The molecule has 3 N–H and O–H groups in total. The van der Waals surface area contributed by atoms with Crippen molar-refractivity contribution in [3.8, 4) is 11.1 Å². The van der Waals surface area contributed by atoms with Crippen LogP contribution >= 0.6 is 0 Å². The first-order valence-corrected chi connectivity index (χ1v) is 17.5. The van der Waals surface area contributed by atoms with E-state index in [4.69, 9.17) is 9.72 Å². The van der Waals surface area contributed by atoms with Crippen LogP contribution in [-0.2, 0) is 30.8 Å². The number of benzene rings is 2. The van der Waals surface area contributed by atoms with Crippen LogP contribution in [0.5, 0.6) is 0 Å². The van der Waals surface area contributed by atoms with Gasteiger partial charge in [-0.05, 0) is 67.6 Å². The van der Waals surface area contributed by atoms with E-state index in [0.29, 0.717) is 54.7 Å². The Morgan fingerprint density at radius 3 is 2.33 bits per heavy atom. The average molecular weight is 694 g/mol. The van der Waals surface area contributed by atoms with Crippen LogP contribution in [0.2, 0.25) is 0 Å². The highest BCUT2D eigenvalue weighted by Crippen LogP contribution is 2.31. The first-order valence-electron chi connectivity index (χ1n) is 17.5. The summed E-state index contributed by atoms with van der Waals surface area (Å²) in [5.74, 6) is -1.36. The Labute approximate surface area is 297 Å². The van der Waals surface area contributed by atoms with Gasteiger partial charge >= 0.3 is 0 Å². The molecular formula is C39H44FN7O4. The third-order valence-electron chi connectivity index (χ3n) is 8.63. The molecule has 3 aromatic heterocycles. The van der Waals surface area contributed by atoms with Crippen molar-refractivity contribution in [1.82, 2.24) is 30.4 Å². The van der Waals surface area contributed by atoms with Crippen LogP contribution in [-0.4, -0.2) is 57.1 Å². The molecule has 0 unspecified atom stereocenters. The van der Waals surface area contributed by atoms with Crippen LogP contribution in [0.4, 0.5) is 10.1 Å². The number of nitrogens with one attached hydrogen (secondary N) is 3. The number of hydrogen-bond acceptors (Lipinski definition) is 8. The molecule has 1 saturated heterocycles. The quantitative estimate of drug-likeness (QED) is 0.126. The van der Waals surface area contributed by atoms with Crippen molar-refractivity contribution in [3.63, 3.8) is 0 Å². The Kier molecular flexibility index (Phi) is 12.6. The third kappa shape index (κ3) is 8.64. The molecule has 0 bridgehead atoms. The van der Waals surface area contributed by atoms with E-state index >= 15 is 0 Å². The molecule has 0 spiro atoms. The van der Waals surface area contributed by atoms with Crippen LogP contribution in [0, 0.1) is 5.82 Å². The first-order chi connectivity index (χ1) is 24.9. The van der Waals surface area contributed by atoms with Crippen LogP contribution in [0.25, 0.3) is 22.2 Å². The number of hydrogen-bond donors (Lipinski definition) is 3. The van der Waals surface area contributed by atoms with Gasteiger partial charge in [-0.15, -0.1) is 0 Å².